The van der Waals surface area contributed by atoms with E-state index in [4.69, 9.17) is 0 Å². The summed E-state index contributed by atoms with van der Waals surface area (Å²) in [6, 6.07) is 0. The average molecular weight is 163 g/mol. The minimum Gasteiger partial charge on any atom is -0.0956 e. The van der Waals surface area contributed by atoms with Gasteiger partial charge in [0, 0.05) is 0 Å². The fraction of sp³-hybridized carbons (Fsp3) is 0.583. The Balaban J connectivity index is 2.42. The highest BCUT2D eigenvalue weighted by atomic mass is 14.1. The van der Waals surface area contributed by atoms with E-state index in [1.54, 1.807) is 0 Å². The van der Waals surface area contributed by atoms with Crippen molar-refractivity contribution >= 4 is 0 Å². The van der Waals surface area contributed by atoms with Crippen molar-refractivity contribution in [3.8, 4) is 0 Å². The second kappa shape index (κ2) is 5.08. The Labute approximate surface area is 76.4 Å². The van der Waals surface area contributed by atoms with E-state index in [9.17, 15) is 0 Å². The van der Waals surface area contributed by atoms with Crippen LogP contribution in [-0.4, -0.2) is 0 Å². The molecule has 1 rings (SSSR count). The predicted octanol–water partition coefficient (Wildman–Crippen LogP) is 4.05. The molecule has 0 saturated heterocycles. The Morgan fingerprint density at radius 3 is 3.08 bits per heavy atom. The van der Waals surface area contributed by atoms with Gasteiger partial charge in [0.2, 0.25) is 0 Å². The fourth-order valence-corrected chi connectivity index (χ4v) is 1.49. The summed E-state index contributed by atoms with van der Waals surface area (Å²) in [7, 11) is 0. The Morgan fingerprint density at radius 2 is 2.25 bits per heavy atom. The number of rotatable bonds is 0. The van der Waals surface area contributed by atoms with E-state index >= 15 is 0 Å². The zero-order chi connectivity index (χ0) is 8.81. The number of hydrogen-bond donors (Lipinski definition) is 0. The van der Waals surface area contributed by atoms with Crippen LogP contribution < -0.4 is 0 Å². The Morgan fingerprint density at radius 1 is 1.42 bits per heavy atom. The van der Waals surface area contributed by atoms with Crippen LogP contribution in [0.15, 0.2) is 23.8 Å². The largest absolute Gasteiger partial charge is 0.108 e. The van der Waals surface area contributed by atoms with Crippen molar-refractivity contribution in [2.45, 2.75) is 45.4 Å². The van der Waals surface area contributed by atoms with Crippen LogP contribution in [0.5, 0.6) is 0 Å². The molecule has 0 heterocycles. The van der Waals surface area contributed by atoms with Crippen molar-refractivity contribution in [3.63, 3.8) is 0 Å². The Bertz CT molecular complexity index is 174. The minimum absolute atomic E-state index is 1.13. The zero-order valence-electron chi connectivity index (χ0n) is 8.10. The van der Waals surface area contributed by atoms with Gasteiger partial charge in [0.15, 0.2) is 0 Å². The molecular formula is C12H19+. The molecule has 0 aromatic heterocycles. The van der Waals surface area contributed by atoms with Crippen molar-refractivity contribution in [3.05, 3.63) is 30.2 Å². The molecule has 0 aromatic rings. The van der Waals surface area contributed by atoms with Crippen LogP contribution in [-0.2, 0) is 0 Å². The first-order valence-corrected chi connectivity index (χ1v) is 4.93. The molecule has 1 aliphatic rings. The molecule has 0 atom stereocenters. The van der Waals surface area contributed by atoms with Crippen molar-refractivity contribution in [2.24, 2.45) is 0 Å². The smallest absolute Gasteiger partial charge is 0.0956 e. The molecule has 0 aliphatic heterocycles. The van der Waals surface area contributed by atoms with Gasteiger partial charge in [-0.3, -0.25) is 0 Å². The third-order valence-corrected chi connectivity index (χ3v) is 2.41. The minimum atomic E-state index is 1.13. The number of hydrogen-bond acceptors (Lipinski definition) is 0. The van der Waals surface area contributed by atoms with Gasteiger partial charge in [0.25, 0.3) is 0 Å². The van der Waals surface area contributed by atoms with Gasteiger partial charge in [-0.15, -0.1) is 0 Å². The monoisotopic (exact) mass is 163 g/mol. The highest BCUT2D eigenvalue weighted by molar-refractivity contribution is 5.06. The van der Waals surface area contributed by atoms with Crippen molar-refractivity contribution in [2.75, 3.05) is 0 Å². The van der Waals surface area contributed by atoms with E-state index in [2.05, 4.69) is 26.0 Å². The second-order valence-corrected chi connectivity index (χ2v) is 3.72. The molecular weight excluding hydrogens is 144 g/mol. The summed E-state index contributed by atoms with van der Waals surface area (Å²) in [5, 5.41) is 0. The Kier molecular flexibility index (Phi) is 3.99. The lowest BCUT2D eigenvalue weighted by Crippen LogP contribution is -1.89. The molecule has 0 N–H and O–H groups in total. The van der Waals surface area contributed by atoms with Gasteiger partial charge in [-0.1, -0.05) is 18.2 Å². The van der Waals surface area contributed by atoms with Gasteiger partial charge < -0.3 is 0 Å². The predicted molar refractivity (Wildman–Crippen MR) is 54.9 cm³/mol. The van der Waals surface area contributed by atoms with Gasteiger partial charge in [0.1, 0.15) is 6.42 Å². The highest BCUT2D eigenvalue weighted by Gasteiger charge is 2.04. The molecule has 0 spiro atoms. The highest BCUT2D eigenvalue weighted by Crippen LogP contribution is 2.18. The molecule has 0 nitrogen and oxygen atoms in total. The second-order valence-electron chi connectivity index (χ2n) is 3.72. The molecule has 0 heteroatoms. The van der Waals surface area contributed by atoms with Crippen LogP contribution in [0.1, 0.15) is 45.4 Å². The summed E-state index contributed by atoms with van der Waals surface area (Å²) in [4.78, 5) is 0. The van der Waals surface area contributed by atoms with Crippen LogP contribution >= 0.6 is 0 Å². The lowest BCUT2D eigenvalue weighted by atomic mass is 9.98. The van der Waals surface area contributed by atoms with Crippen molar-refractivity contribution in [1.82, 2.24) is 0 Å². The molecule has 0 bridgehead atoms. The van der Waals surface area contributed by atoms with Gasteiger partial charge in [-0.2, -0.15) is 0 Å². The van der Waals surface area contributed by atoms with Crippen molar-refractivity contribution in [1.29, 1.82) is 0 Å². The average Bonchev–Trinajstić information content (AvgIpc) is 2.07. The molecule has 1 aliphatic carbocycles. The SMILES string of the molecule is C=C1C[CH+]CCC/C=C(/C)CC1. The van der Waals surface area contributed by atoms with E-state index < -0.39 is 0 Å². The third kappa shape index (κ3) is 3.66. The maximum atomic E-state index is 4.06. The molecule has 0 saturated carbocycles. The van der Waals surface area contributed by atoms with E-state index in [0.717, 1.165) is 6.42 Å². The number of allylic oxidation sites excluding steroid dienone is 3. The van der Waals surface area contributed by atoms with Gasteiger partial charge in [-0.25, -0.2) is 0 Å². The van der Waals surface area contributed by atoms with Crippen molar-refractivity contribution < 1.29 is 0 Å². The summed E-state index contributed by atoms with van der Waals surface area (Å²) in [5.41, 5.74) is 2.93. The summed E-state index contributed by atoms with van der Waals surface area (Å²) < 4.78 is 0. The lowest BCUT2D eigenvalue weighted by Gasteiger charge is -2.04. The molecule has 0 radical (unpaired) electrons. The van der Waals surface area contributed by atoms with Gasteiger partial charge >= 0.3 is 0 Å². The van der Waals surface area contributed by atoms with E-state index in [-0.39, 0.29) is 0 Å². The summed E-state index contributed by atoms with van der Waals surface area (Å²) in [6.07, 6.45) is 12.1. The van der Waals surface area contributed by atoms with Crippen LogP contribution in [0, 0.1) is 6.42 Å². The summed E-state index contributed by atoms with van der Waals surface area (Å²) in [6.45, 7) is 6.30. The molecule has 0 unspecified atom stereocenters. The lowest BCUT2D eigenvalue weighted by molar-refractivity contribution is 0.762. The maximum Gasteiger partial charge on any atom is 0.108 e. The first-order chi connectivity index (χ1) is 5.79. The van der Waals surface area contributed by atoms with Gasteiger partial charge in [0.05, 0.1) is 12.8 Å². The molecule has 12 heavy (non-hydrogen) atoms. The maximum absolute atomic E-state index is 4.06. The van der Waals surface area contributed by atoms with Gasteiger partial charge in [-0.05, 0) is 38.2 Å². The third-order valence-electron chi connectivity index (χ3n) is 2.41. The fourth-order valence-electron chi connectivity index (χ4n) is 1.49. The topological polar surface area (TPSA) is 0 Å². The van der Waals surface area contributed by atoms with Crippen LogP contribution in [0.25, 0.3) is 0 Å². The first-order valence-electron chi connectivity index (χ1n) is 4.93. The summed E-state index contributed by atoms with van der Waals surface area (Å²) in [5.74, 6) is 0. The molecule has 66 valence electrons. The van der Waals surface area contributed by atoms with Crippen LogP contribution in [0.2, 0.25) is 0 Å². The molecule has 0 amide bonds. The molecule has 0 fully saturated rings. The van der Waals surface area contributed by atoms with E-state index in [1.165, 1.54) is 43.3 Å². The standard InChI is InChI=1S/C12H19/c1-11-7-5-3-4-6-8-12(2)10-9-11/h5,8H,1,3-4,6-7,9-10H2,2H3/q+1/b12-8-. The Hall–Kier alpha value is -0.650. The van der Waals surface area contributed by atoms with Crippen LogP contribution in [0.3, 0.4) is 0 Å². The first kappa shape index (κ1) is 9.44. The summed E-state index contributed by atoms with van der Waals surface area (Å²) >= 11 is 0. The van der Waals surface area contributed by atoms with E-state index in [1.807, 2.05) is 0 Å². The molecule has 0 aromatic carbocycles. The van der Waals surface area contributed by atoms with E-state index in [0.29, 0.717) is 0 Å². The van der Waals surface area contributed by atoms with Crippen LogP contribution in [0.4, 0.5) is 0 Å². The zero-order valence-corrected chi connectivity index (χ0v) is 8.10. The quantitative estimate of drug-likeness (QED) is 0.373. The normalized spacial score (nSPS) is 25.4.